The summed E-state index contributed by atoms with van der Waals surface area (Å²) in [5, 5.41) is 2.81. The number of hydrogen-bond acceptors (Lipinski definition) is 3. The van der Waals surface area contributed by atoms with Gasteiger partial charge >= 0.3 is 0 Å². The molecule has 4 heteroatoms. The van der Waals surface area contributed by atoms with E-state index in [0.717, 1.165) is 30.1 Å². The van der Waals surface area contributed by atoms with Crippen molar-refractivity contribution < 1.29 is 14.0 Å². The summed E-state index contributed by atoms with van der Waals surface area (Å²) in [5.41, 5.74) is 1.17. The maximum absolute atomic E-state index is 12.3. The van der Waals surface area contributed by atoms with Crippen LogP contribution in [0.2, 0.25) is 0 Å². The van der Waals surface area contributed by atoms with Crippen molar-refractivity contribution in [2.45, 2.75) is 64.0 Å². The Labute approximate surface area is 196 Å². The largest absolute Gasteiger partial charge is 0.616 e. The zero-order chi connectivity index (χ0) is 22.6. The van der Waals surface area contributed by atoms with E-state index in [1.807, 2.05) is 18.2 Å². The molecule has 0 aliphatic carbocycles. The third-order valence-corrected chi connectivity index (χ3v) is 7.52. The lowest BCUT2D eigenvalue weighted by molar-refractivity contribution is 0.174. The number of hydrogen-bond donors (Lipinski definition) is 0. The predicted octanol–water partition coefficient (Wildman–Crippen LogP) is 7.30. The van der Waals surface area contributed by atoms with Gasteiger partial charge in [-0.25, -0.2) is 0 Å². The van der Waals surface area contributed by atoms with E-state index in [2.05, 4.69) is 62.4 Å². The van der Waals surface area contributed by atoms with E-state index >= 15 is 0 Å². The quantitative estimate of drug-likeness (QED) is 0.239. The first-order valence-corrected chi connectivity index (χ1v) is 13.2. The van der Waals surface area contributed by atoms with E-state index in [0.29, 0.717) is 6.79 Å². The first kappa shape index (κ1) is 24.5. The van der Waals surface area contributed by atoms with Crippen molar-refractivity contribution in [2.24, 2.45) is 0 Å². The zero-order valence-electron chi connectivity index (χ0n) is 19.4. The van der Waals surface area contributed by atoms with Crippen LogP contribution in [-0.2, 0) is 17.6 Å². The van der Waals surface area contributed by atoms with Gasteiger partial charge in [0.2, 0.25) is 6.79 Å². The van der Waals surface area contributed by atoms with Gasteiger partial charge in [-0.05, 0) is 48.2 Å². The zero-order valence-corrected chi connectivity index (χ0v) is 20.2. The topological polar surface area (TPSA) is 41.5 Å². The monoisotopic (exact) mass is 452 g/mol. The first-order valence-electron chi connectivity index (χ1n) is 11.9. The van der Waals surface area contributed by atoms with Gasteiger partial charge in [-0.2, -0.15) is 0 Å². The fraction of sp³-hybridized carbons (Fsp3) is 0.429. The molecule has 0 N–H and O–H groups in total. The van der Waals surface area contributed by atoms with E-state index in [4.69, 9.17) is 9.47 Å². The van der Waals surface area contributed by atoms with Crippen LogP contribution in [0.3, 0.4) is 0 Å². The number of rotatable bonds is 10. The minimum Gasteiger partial charge on any atom is -0.616 e. The molecule has 0 fully saturated rings. The lowest BCUT2D eigenvalue weighted by Crippen LogP contribution is -2.23. The normalized spacial score (nSPS) is 14.0. The summed E-state index contributed by atoms with van der Waals surface area (Å²) >= 11 is -0.743. The Balaban J connectivity index is 0.000000238. The van der Waals surface area contributed by atoms with E-state index in [9.17, 15) is 4.55 Å². The van der Waals surface area contributed by atoms with Gasteiger partial charge in [0, 0.05) is 6.42 Å². The molecule has 1 heterocycles. The second-order valence-corrected chi connectivity index (χ2v) is 10.4. The summed E-state index contributed by atoms with van der Waals surface area (Å²) in [6.07, 6.45) is 8.32. The molecule has 1 aliphatic rings. The summed E-state index contributed by atoms with van der Waals surface area (Å²) in [6, 6.07) is 22.7. The third kappa shape index (κ3) is 7.75. The number of fused-ring (bicyclic) bond motifs is 2. The predicted molar refractivity (Wildman–Crippen MR) is 136 cm³/mol. The van der Waals surface area contributed by atoms with E-state index < -0.39 is 11.2 Å². The Morgan fingerprint density at radius 1 is 0.812 bits per heavy atom. The molecule has 0 amide bonds. The van der Waals surface area contributed by atoms with Crippen LogP contribution < -0.4 is 9.47 Å². The molecular formula is C28H36O3S. The van der Waals surface area contributed by atoms with Gasteiger partial charge in [-0.3, -0.25) is 0 Å². The van der Waals surface area contributed by atoms with Crippen molar-refractivity contribution in [3.05, 3.63) is 72.3 Å². The Kier molecular flexibility index (Phi) is 10.2. The number of unbranched alkanes of at least 4 members (excludes halogenated alkanes) is 5. The van der Waals surface area contributed by atoms with Crippen molar-refractivity contribution in [1.82, 2.24) is 0 Å². The molecule has 0 bridgehead atoms. The van der Waals surface area contributed by atoms with Gasteiger partial charge in [-0.15, -0.1) is 0 Å². The van der Waals surface area contributed by atoms with E-state index in [1.165, 1.54) is 48.4 Å². The average Bonchev–Trinajstić information content (AvgIpc) is 3.29. The van der Waals surface area contributed by atoms with Gasteiger partial charge in [0.15, 0.2) is 11.5 Å². The van der Waals surface area contributed by atoms with Gasteiger partial charge in [0.05, 0.1) is 0 Å². The van der Waals surface area contributed by atoms with Crippen LogP contribution in [0.1, 0.15) is 57.9 Å². The molecular weight excluding hydrogens is 416 g/mol. The molecule has 0 radical (unpaired) electrons. The van der Waals surface area contributed by atoms with Crippen molar-refractivity contribution >= 4 is 21.9 Å². The summed E-state index contributed by atoms with van der Waals surface area (Å²) in [5.74, 6) is 2.45. The maximum Gasteiger partial charge on any atom is 0.231 e. The van der Waals surface area contributed by atoms with Crippen LogP contribution in [0.5, 0.6) is 11.5 Å². The van der Waals surface area contributed by atoms with Crippen molar-refractivity contribution in [2.75, 3.05) is 12.5 Å². The minimum atomic E-state index is -0.743. The second kappa shape index (κ2) is 13.4. The standard InChI is InChI=1S/C18H28O3S.C10H8/c1-3-4-5-6-7-8-11-22(19)15(2)12-16-9-10-17-18(13-16)21-14-20-17;1-2-6-10-8-4-3-7-9(10)5-1/h9-10,13,15H,3-8,11-12,14H2,1-2H3;1-8H. The summed E-state index contributed by atoms with van der Waals surface area (Å²) < 4.78 is 23.0. The second-order valence-electron chi connectivity index (χ2n) is 8.40. The summed E-state index contributed by atoms with van der Waals surface area (Å²) in [6.45, 7) is 4.61. The van der Waals surface area contributed by atoms with Crippen LogP contribution in [0.4, 0.5) is 0 Å². The molecule has 1 aliphatic heterocycles. The molecule has 2 unspecified atom stereocenters. The lowest BCUT2D eigenvalue weighted by Gasteiger charge is -2.18. The number of benzene rings is 3. The molecule has 3 aromatic carbocycles. The van der Waals surface area contributed by atoms with Crippen LogP contribution in [0, 0.1) is 0 Å². The Morgan fingerprint density at radius 3 is 2.06 bits per heavy atom. The highest BCUT2D eigenvalue weighted by atomic mass is 32.2. The molecule has 4 rings (SSSR count). The minimum absolute atomic E-state index is 0.191. The molecule has 3 nitrogen and oxygen atoms in total. The first-order chi connectivity index (χ1) is 15.7. The molecule has 2 atom stereocenters. The Hall–Kier alpha value is -2.17. The third-order valence-electron chi connectivity index (χ3n) is 5.77. The number of ether oxygens (including phenoxy) is 2. The van der Waals surface area contributed by atoms with Crippen LogP contribution in [0.25, 0.3) is 10.8 Å². The van der Waals surface area contributed by atoms with Crippen molar-refractivity contribution in [3.63, 3.8) is 0 Å². The Bertz CT molecular complexity index is 877. The molecule has 172 valence electrons. The van der Waals surface area contributed by atoms with E-state index in [1.54, 1.807) is 0 Å². The molecule has 0 saturated heterocycles. The molecule has 0 saturated carbocycles. The van der Waals surface area contributed by atoms with Gasteiger partial charge in [-0.1, -0.05) is 98.4 Å². The van der Waals surface area contributed by atoms with Crippen LogP contribution in [-0.4, -0.2) is 22.3 Å². The highest BCUT2D eigenvalue weighted by Crippen LogP contribution is 2.33. The molecule has 0 aromatic heterocycles. The smallest absolute Gasteiger partial charge is 0.231 e. The maximum atomic E-state index is 12.3. The van der Waals surface area contributed by atoms with Gasteiger partial charge < -0.3 is 14.0 Å². The fourth-order valence-electron chi connectivity index (χ4n) is 3.85. The van der Waals surface area contributed by atoms with Crippen LogP contribution >= 0.6 is 0 Å². The van der Waals surface area contributed by atoms with Gasteiger partial charge in [0.25, 0.3) is 0 Å². The molecule has 32 heavy (non-hydrogen) atoms. The fourth-order valence-corrected chi connectivity index (χ4v) is 5.12. The van der Waals surface area contributed by atoms with Crippen molar-refractivity contribution in [3.8, 4) is 11.5 Å². The van der Waals surface area contributed by atoms with Gasteiger partial charge in [0.1, 0.15) is 11.0 Å². The highest BCUT2D eigenvalue weighted by Gasteiger charge is 2.19. The van der Waals surface area contributed by atoms with Crippen molar-refractivity contribution in [1.29, 1.82) is 0 Å². The lowest BCUT2D eigenvalue weighted by atomic mass is 10.1. The van der Waals surface area contributed by atoms with E-state index in [-0.39, 0.29) is 5.25 Å². The molecule has 0 spiro atoms. The summed E-state index contributed by atoms with van der Waals surface area (Å²) in [4.78, 5) is 0. The molecule has 3 aromatic rings. The highest BCUT2D eigenvalue weighted by molar-refractivity contribution is 7.91. The SMILES string of the molecule is CCCCCCCC[S+]([O-])C(C)Cc1ccc2c(c1)OCO2.c1ccc2ccccc2c1. The van der Waals surface area contributed by atoms with Crippen LogP contribution in [0.15, 0.2) is 66.7 Å². The summed E-state index contributed by atoms with van der Waals surface area (Å²) in [7, 11) is 0. The average molecular weight is 453 g/mol. The Morgan fingerprint density at radius 2 is 1.41 bits per heavy atom.